The lowest BCUT2D eigenvalue weighted by molar-refractivity contribution is -0.121. The molecule has 1 atom stereocenters. The molecule has 0 aromatic carbocycles. The van der Waals surface area contributed by atoms with E-state index in [1.165, 1.54) is 17.0 Å². The summed E-state index contributed by atoms with van der Waals surface area (Å²) < 4.78 is 0. The summed E-state index contributed by atoms with van der Waals surface area (Å²) in [6.07, 6.45) is 4.72. The molecule has 20 heavy (non-hydrogen) atoms. The van der Waals surface area contributed by atoms with Gasteiger partial charge in [0.25, 0.3) is 0 Å². The van der Waals surface area contributed by atoms with E-state index in [0.717, 1.165) is 37.4 Å². The maximum absolute atomic E-state index is 11.8. The first-order valence-corrected chi connectivity index (χ1v) is 8.43. The van der Waals surface area contributed by atoms with Crippen LogP contribution in [-0.4, -0.2) is 30.5 Å². The highest BCUT2D eigenvalue weighted by Crippen LogP contribution is 2.18. The Morgan fingerprint density at radius 1 is 1.55 bits per heavy atom. The van der Waals surface area contributed by atoms with Crippen molar-refractivity contribution in [2.45, 2.75) is 46.0 Å². The second kappa shape index (κ2) is 7.74. The Balaban J connectivity index is 1.63. The van der Waals surface area contributed by atoms with Crippen LogP contribution in [0, 0.1) is 12.8 Å². The third-order valence-electron chi connectivity index (χ3n) is 3.87. The van der Waals surface area contributed by atoms with Crippen molar-refractivity contribution in [3.05, 3.63) is 15.6 Å². The van der Waals surface area contributed by atoms with Gasteiger partial charge in [0, 0.05) is 24.3 Å². The number of aryl methyl sites for hydroxylation is 2. The molecule has 0 radical (unpaired) electrons. The van der Waals surface area contributed by atoms with Crippen molar-refractivity contribution in [1.29, 1.82) is 0 Å². The van der Waals surface area contributed by atoms with E-state index in [1.54, 1.807) is 11.3 Å². The fourth-order valence-corrected chi connectivity index (χ4v) is 3.64. The molecular formula is C15H25N3OS. The second-order valence-electron chi connectivity index (χ2n) is 5.46. The SMILES string of the molecule is CCc1nc(CCNC(=O)CCC2CCNC2)sc1C. The summed E-state index contributed by atoms with van der Waals surface area (Å²) in [6, 6.07) is 0. The molecule has 2 N–H and O–H groups in total. The standard InChI is InChI=1S/C15H25N3OS/c1-3-13-11(2)20-15(18-13)7-9-17-14(19)5-4-12-6-8-16-10-12/h12,16H,3-10H2,1-2H3,(H,17,19). The Kier molecular flexibility index (Phi) is 5.98. The number of hydrogen-bond donors (Lipinski definition) is 2. The van der Waals surface area contributed by atoms with Crippen LogP contribution in [0.15, 0.2) is 0 Å². The molecule has 112 valence electrons. The molecule has 1 amide bonds. The van der Waals surface area contributed by atoms with Crippen molar-refractivity contribution in [3.63, 3.8) is 0 Å². The average Bonchev–Trinajstić information content (AvgIpc) is 3.06. The van der Waals surface area contributed by atoms with Crippen LogP contribution >= 0.6 is 11.3 Å². The van der Waals surface area contributed by atoms with Gasteiger partial charge in [0.2, 0.25) is 5.91 Å². The second-order valence-corrected chi connectivity index (χ2v) is 6.75. The minimum Gasteiger partial charge on any atom is -0.356 e. The zero-order valence-electron chi connectivity index (χ0n) is 12.5. The van der Waals surface area contributed by atoms with Crippen LogP contribution in [0.3, 0.4) is 0 Å². The summed E-state index contributed by atoms with van der Waals surface area (Å²) in [6.45, 7) is 7.14. The summed E-state index contributed by atoms with van der Waals surface area (Å²) in [5.74, 6) is 0.871. The Morgan fingerprint density at radius 2 is 2.40 bits per heavy atom. The first-order chi connectivity index (χ1) is 9.69. The van der Waals surface area contributed by atoms with Crippen LogP contribution in [0.2, 0.25) is 0 Å². The molecule has 1 saturated heterocycles. The van der Waals surface area contributed by atoms with Gasteiger partial charge in [-0.25, -0.2) is 4.98 Å². The maximum atomic E-state index is 11.8. The molecule has 2 heterocycles. The fraction of sp³-hybridized carbons (Fsp3) is 0.733. The number of nitrogens with zero attached hydrogens (tertiary/aromatic N) is 1. The molecule has 0 spiro atoms. The molecule has 2 rings (SSSR count). The van der Waals surface area contributed by atoms with E-state index in [4.69, 9.17) is 0 Å². The summed E-state index contributed by atoms with van der Waals surface area (Å²) in [5.41, 5.74) is 1.20. The molecule has 1 aromatic heterocycles. The lowest BCUT2D eigenvalue weighted by Crippen LogP contribution is -2.26. The summed E-state index contributed by atoms with van der Waals surface area (Å²) in [4.78, 5) is 17.7. The van der Waals surface area contributed by atoms with Crippen molar-refractivity contribution in [1.82, 2.24) is 15.6 Å². The molecule has 5 heteroatoms. The van der Waals surface area contributed by atoms with E-state index >= 15 is 0 Å². The summed E-state index contributed by atoms with van der Waals surface area (Å²) >= 11 is 1.75. The number of thiazole rings is 1. The zero-order valence-corrected chi connectivity index (χ0v) is 13.3. The highest BCUT2D eigenvalue weighted by molar-refractivity contribution is 7.11. The average molecular weight is 295 g/mol. The number of carbonyl (C=O) groups is 1. The highest BCUT2D eigenvalue weighted by atomic mass is 32.1. The Morgan fingerprint density at radius 3 is 3.05 bits per heavy atom. The first-order valence-electron chi connectivity index (χ1n) is 7.61. The van der Waals surface area contributed by atoms with Gasteiger partial charge < -0.3 is 10.6 Å². The number of rotatable bonds is 7. The van der Waals surface area contributed by atoms with Crippen molar-refractivity contribution < 1.29 is 4.79 Å². The van der Waals surface area contributed by atoms with E-state index in [0.29, 0.717) is 18.9 Å². The predicted molar refractivity (Wildman–Crippen MR) is 83.2 cm³/mol. The molecule has 1 aliphatic rings. The van der Waals surface area contributed by atoms with Gasteiger partial charge in [-0.2, -0.15) is 0 Å². The van der Waals surface area contributed by atoms with Crippen LogP contribution < -0.4 is 10.6 Å². The van der Waals surface area contributed by atoms with Crippen LogP contribution in [0.25, 0.3) is 0 Å². The van der Waals surface area contributed by atoms with E-state index in [9.17, 15) is 4.79 Å². The van der Waals surface area contributed by atoms with Gasteiger partial charge in [-0.3, -0.25) is 4.79 Å². The minimum absolute atomic E-state index is 0.181. The highest BCUT2D eigenvalue weighted by Gasteiger charge is 2.15. The van der Waals surface area contributed by atoms with Gasteiger partial charge in [0.05, 0.1) is 10.7 Å². The van der Waals surface area contributed by atoms with Crippen LogP contribution in [0.1, 0.15) is 41.8 Å². The number of hydrogen-bond acceptors (Lipinski definition) is 4. The molecule has 1 aliphatic heterocycles. The summed E-state index contributed by atoms with van der Waals surface area (Å²) in [5, 5.41) is 7.48. The normalized spacial score (nSPS) is 18.4. The number of aromatic nitrogens is 1. The topological polar surface area (TPSA) is 54.0 Å². The zero-order chi connectivity index (χ0) is 14.4. The smallest absolute Gasteiger partial charge is 0.220 e. The Labute approximate surface area is 125 Å². The third-order valence-corrected chi connectivity index (χ3v) is 4.95. The minimum atomic E-state index is 0.181. The molecule has 0 aliphatic carbocycles. The third kappa shape index (κ3) is 4.56. The van der Waals surface area contributed by atoms with Crippen LogP contribution in [0.4, 0.5) is 0 Å². The number of carbonyl (C=O) groups excluding carboxylic acids is 1. The van der Waals surface area contributed by atoms with Crippen molar-refractivity contribution in [2.24, 2.45) is 5.92 Å². The van der Waals surface area contributed by atoms with Gasteiger partial charge in [-0.1, -0.05) is 6.92 Å². The number of nitrogens with one attached hydrogen (secondary N) is 2. The lowest BCUT2D eigenvalue weighted by atomic mass is 10.0. The van der Waals surface area contributed by atoms with Gasteiger partial charge in [-0.05, 0) is 45.2 Å². The van der Waals surface area contributed by atoms with Gasteiger partial charge >= 0.3 is 0 Å². The Bertz CT molecular complexity index is 438. The molecule has 0 bridgehead atoms. The van der Waals surface area contributed by atoms with Gasteiger partial charge in [0.1, 0.15) is 0 Å². The van der Waals surface area contributed by atoms with Gasteiger partial charge in [0.15, 0.2) is 0 Å². The quantitative estimate of drug-likeness (QED) is 0.809. The molecule has 0 saturated carbocycles. The van der Waals surface area contributed by atoms with Crippen molar-refractivity contribution in [2.75, 3.05) is 19.6 Å². The van der Waals surface area contributed by atoms with E-state index in [-0.39, 0.29) is 5.91 Å². The molecule has 1 fully saturated rings. The Hall–Kier alpha value is -0.940. The van der Waals surface area contributed by atoms with E-state index < -0.39 is 0 Å². The van der Waals surface area contributed by atoms with Gasteiger partial charge in [-0.15, -0.1) is 11.3 Å². The fourth-order valence-electron chi connectivity index (χ4n) is 2.62. The molecular weight excluding hydrogens is 270 g/mol. The molecule has 1 unspecified atom stereocenters. The lowest BCUT2D eigenvalue weighted by Gasteiger charge is -2.08. The van der Waals surface area contributed by atoms with Crippen molar-refractivity contribution >= 4 is 17.2 Å². The molecule has 4 nitrogen and oxygen atoms in total. The van der Waals surface area contributed by atoms with Crippen LogP contribution in [-0.2, 0) is 17.6 Å². The monoisotopic (exact) mass is 295 g/mol. The van der Waals surface area contributed by atoms with E-state index in [1.807, 2.05) is 0 Å². The number of amides is 1. The summed E-state index contributed by atoms with van der Waals surface area (Å²) in [7, 11) is 0. The van der Waals surface area contributed by atoms with Crippen LogP contribution in [0.5, 0.6) is 0 Å². The molecule has 1 aromatic rings. The first kappa shape index (κ1) is 15.4. The maximum Gasteiger partial charge on any atom is 0.220 e. The predicted octanol–water partition coefficient (Wildman–Crippen LogP) is 2.06. The largest absolute Gasteiger partial charge is 0.356 e. The van der Waals surface area contributed by atoms with Crippen molar-refractivity contribution in [3.8, 4) is 0 Å². The van der Waals surface area contributed by atoms with E-state index in [2.05, 4.69) is 29.5 Å².